The largest absolute Gasteiger partial charge is 0.416 e. The van der Waals surface area contributed by atoms with Gasteiger partial charge >= 0.3 is 6.18 Å². The minimum atomic E-state index is -4.29. The van der Waals surface area contributed by atoms with Crippen molar-refractivity contribution >= 4 is 28.8 Å². The van der Waals surface area contributed by atoms with Gasteiger partial charge in [-0.15, -0.1) is 11.3 Å². The molecule has 20 heavy (non-hydrogen) atoms. The first-order valence-electron chi connectivity index (χ1n) is 5.99. The number of hydrogen-bond donors (Lipinski definition) is 1. The highest BCUT2D eigenvalue weighted by Crippen LogP contribution is 2.31. The first-order valence-corrected chi connectivity index (χ1v) is 7.75. The third-order valence-corrected chi connectivity index (χ3v) is 4.75. The molecule has 0 aliphatic rings. The molecule has 0 amide bonds. The third kappa shape index (κ3) is 4.14. The number of thiazole rings is 1. The van der Waals surface area contributed by atoms with Gasteiger partial charge in [-0.25, -0.2) is 4.98 Å². The minimum Gasteiger partial charge on any atom is -0.373 e. The molecule has 1 aromatic heterocycles. The number of rotatable bonds is 5. The van der Waals surface area contributed by atoms with Crippen LogP contribution >= 0.6 is 23.1 Å². The van der Waals surface area contributed by atoms with Gasteiger partial charge in [-0.1, -0.05) is 18.7 Å². The Balaban J connectivity index is 2.01. The Kier molecular flexibility index (Phi) is 4.93. The van der Waals surface area contributed by atoms with Gasteiger partial charge in [0.15, 0.2) is 4.34 Å². The normalized spacial score (nSPS) is 13.2. The van der Waals surface area contributed by atoms with E-state index in [-0.39, 0.29) is 5.37 Å². The summed E-state index contributed by atoms with van der Waals surface area (Å²) in [5.74, 6) is 0. The predicted octanol–water partition coefficient (Wildman–Crippen LogP) is 5.10. The van der Waals surface area contributed by atoms with Crippen molar-refractivity contribution in [3.63, 3.8) is 0 Å². The van der Waals surface area contributed by atoms with Crippen LogP contribution in [0.4, 0.5) is 18.9 Å². The zero-order valence-electron chi connectivity index (χ0n) is 10.6. The predicted molar refractivity (Wildman–Crippen MR) is 77.1 cm³/mol. The summed E-state index contributed by atoms with van der Waals surface area (Å²) in [6, 6.07) is 5.08. The maximum Gasteiger partial charge on any atom is 0.416 e. The molecule has 0 aliphatic carbocycles. The van der Waals surface area contributed by atoms with Crippen molar-refractivity contribution in [2.24, 2.45) is 0 Å². The van der Waals surface area contributed by atoms with Crippen LogP contribution in [0.2, 0.25) is 0 Å². The SMILES string of the molecule is CCC(Nc1ccc(C(F)(F)F)cc1)Sc1nccs1. The van der Waals surface area contributed by atoms with Crippen LogP contribution in [-0.4, -0.2) is 10.4 Å². The lowest BCUT2D eigenvalue weighted by Gasteiger charge is -2.17. The fraction of sp³-hybridized carbons (Fsp3) is 0.308. The van der Waals surface area contributed by atoms with E-state index in [2.05, 4.69) is 10.3 Å². The molecule has 0 spiro atoms. The fourth-order valence-corrected chi connectivity index (χ4v) is 3.37. The number of benzene rings is 1. The second-order valence-corrected chi connectivity index (χ2v) is 6.38. The Labute approximate surface area is 123 Å². The average molecular weight is 318 g/mol. The molecule has 2 nitrogen and oxygen atoms in total. The number of thioether (sulfide) groups is 1. The Hall–Kier alpha value is -1.21. The van der Waals surface area contributed by atoms with Gasteiger partial charge in [0.05, 0.1) is 10.9 Å². The summed E-state index contributed by atoms with van der Waals surface area (Å²) in [5.41, 5.74) is 0.0394. The molecule has 0 saturated heterocycles. The van der Waals surface area contributed by atoms with Crippen molar-refractivity contribution in [1.82, 2.24) is 4.98 Å². The van der Waals surface area contributed by atoms with Crippen molar-refractivity contribution < 1.29 is 13.2 Å². The molecule has 0 aliphatic heterocycles. The van der Waals surface area contributed by atoms with E-state index in [1.165, 1.54) is 12.1 Å². The summed E-state index contributed by atoms with van der Waals surface area (Å²) < 4.78 is 38.3. The molecular weight excluding hydrogens is 305 g/mol. The van der Waals surface area contributed by atoms with Gasteiger partial charge in [-0.05, 0) is 30.7 Å². The van der Waals surface area contributed by atoms with Crippen LogP contribution in [0.25, 0.3) is 0 Å². The number of alkyl halides is 3. The van der Waals surface area contributed by atoms with Gasteiger partial charge < -0.3 is 5.32 Å². The summed E-state index contributed by atoms with van der Waals surface area (Å²) >= 11 is 3.12. The van der Waals surface area contributed by atoms with Crippen molar-refractivity contribution in [3.8, 4) is 0 Å². The van der Waals surface area contributed by atoms with Crippen molar-refractivity contribution in [2.45, 2.75) is 29.2 Å². The number of aromatic nitrogens is 1. The van der Waals surface area contributed by atoms with Crippen molar-refractivity contribution in [2.75, 3.05) is 5.32 Å². The quantitative estimate of drug-likeness (QED) is 0.613. The molecule has 1 aromatic carbocycles. The van der Waals surface area contributed by atoms with Gasteiger partial charge in [0, 0.05) is 17.3 Å². The van der Waals surface area contributed by atoms with Gasteiger partial charge in [0.2, 0.25) is 0 Å². The zero-order chi connectivity index (χ0) is 14.6. The second-order valence-electron chi connectivity index (χ2n) is 4.03. The first-order chi connectivity index (χ1) is 9.49. The maximum atomic E-state index is 12.5. The molecule has 1 heterocycles. The lowest BCUT2D eigenvalue weighted by Crippen LogP contribution is -2.14. The van der Waals surface area contributed by atoms with Crippen LogP contribution in [0.3, 0.4) is 0 Å². The van der Waals surface area contributed by atoms with Crippen molar-refractivity contribution in [3.05, 3.63) is 41.4 Å². The van der Waals surface area contributed by atoms with E-state index in [1.54, 1.807) is 29.3 Å². The van der Waals surface area contributed by atoms with Crippen molar-refractivity contribution in [1.29, 1.82) is 0 Å². The summed E-state index contributed by atoms with van der Waals surface area (Å²) in [7, 11) is 0. The molecule has 0 saturated carbocycles. The Morgan fingerprint density at radius 3 is 2.50 bits per heavy atom. The Morgan fingerprint density at radius 2 is 2.00 bits per heavy atom. The molecule has 2 rings (SSSR count). The summed E-state index contributed by atoms with van der Waals surface area (Å²) in [6.07, 6.45) is -1.72. The van der Waals surface area contributed by atoms with Gasteiger partial charge in [0.1, 0.15) is 0 Å². The molecule has 108 valence electrons. The smallest absolute Gasteiger partial charge is 0.373 e. The second kappa shape index (κ2) is 6.49. The van der Waals surface area contributed by atoms with E-state index < -0.39 is 11.7 Å². The number of nitrogens with zero attached hydrogens (tertiary/aromatic N) is 1. The van der Waals surface area contributed by atoms with E-state index >= 15 is 0 Å². The molecule has 0 bridgehead atoms. The maximum absolute atomic E-state index is 12.5. The topological polar surface area (TPSA) is 24.9 Å². The van der Waals surface area contributed by atoms with E-state index in [4.69, 9.17) is 0 Å². The molecule has 1 unspecified atom stereocenters. The van der Waals surface area contributed by atoms with Crippen LogP contribution < -0.4 is 5.32 Å². The van der Waals surface area contributed by atoms with E-state index in [1.807, 2.05) is 12.3 Å². The highest BCUT2D eigenvalue weighted by molar-refractivity contribution is 8.01. The summed E-state index contributed by atoms with van der Waals surface area (Å²) in [6.45, 7) is 2.02. The highest BCUT2D eigenvalue weighted by Gasteiger charge is 2.29. The van der Waals surface area contributed by atoms with Gasteiger partial charge in [0.25, 0.3) is 0 Å². The standard InChI is InChI=1S/C13H13F3N2S2/c1-2-11(20-12-17-7-8-19-12)18-10-5-3-9(4-6-10)13(14,15)16/h3-8,11,18H,2H2,1H3. The van der Waals surface area contributed by atoms with Crippen LogP contribution in [0.15, 0.2) is 40.2 Å². The lowest BCUT2D eigenvalue weighted by molar-refractivity contribution is -0.137. The minimum absolute atomic E-state index is 0.0814. The fourth-order valence-electron chi connectivity index (χ4n) is 1.55. The van der Waals surface area contributed by atoms with Gasteiger partial charge in [-0.2, -0.15) is 13.2 Å². The highest BCUT2D eigenvalue weighted by atomic mass is 32.2. The van der Waals surface area contributed by atoms with Crippen LogP contribution in [0, 0.1) is 0 Å². The third-order valence-electron chi connectivity index (χ3n) is 2.56. The molecule has 1 N–H and O–H groups in total. The zero-order valence-corrected chi connectivity index (χ0v) is 12.3. The molecule has 7 heteroatoms. The van der Waals surface area contributed by atoms with Crippen LogP contribution in [0.5, 0.6) is 0 Å². The Morgan fingerprint density at radius 1 is 1.30 bits per heavy atom. The van der Waals surface area contributed by atoms with E-state index in [0.717, 1.165) is 22.9 Å². The van der Waals surface area contributed by atoms with E-state index in [0.29, 0.717) is 5.69 Å². The summed E-state index contributed by atoms with van der Waals surface area (Å²) in [5, 5.41) is 5.19. The van der Waals surface area contributed by atoms with Gasteiger partial charge in [-0.3, -0.25) is 0 Å². The average Bonchev–Trinajstić information content (AvgIpc) is 2.90. The molecule has 0 fully saturated rings. The monoisotopic (exact) mass is 318 g/mol. The molecule has 2 aromatic rings. The summed E-state index contributed by atoms with van der Waals surface area (Å²) in [4.78, 5) is 4.18. The Bertz CT molecular complexity index is 524. The number of nitrogens with one attached hydrogen (secondary N) is 1. The molecular formula is C13H13F3N2S2. The number of halogens is 3. The molecule has 1 atom stereocenters. The molecule has 0 radical (unpaired) electrons. The van der Waals surface area contributed by atoms with Crippen LogP contribution in [-0.2, 0) is 6.18 Å². The van der Waals surface area contributed by atoms with E-state index in [9.17, 15) is 13.2 Å². The number of hydrogen-bond acceptors (Lipinski definition) is 4. The lowest BCUT2D eigenvalue weighted by atomic mass is 10.2. The van der Waals surface area contributed by atoms with Crippen LogP contribution in [0.1, 0.15) is 18.9 Å². The first kappa shape index (κ1) is 15.2. The number of anilines is 1.